The van der Waals surface area contributed by atoms with E-state index in [4.69, 9.17) is 22.7 Å². The Labute approximate surface area is 99.7 Å². The number of rotatable bonds is 2. The number of nitrogens with two attached hydrogens (primary N) is 1. The van der Waals surface area contributed by atoms with Crippen molar-refractivity contribution in [3.05, 3.63) is 28.8 Å². The maximum Gasteiger partial charge on any atom is 0.123 e. The Morgan fingerprint density at radius 1 is 1.40 bits per heavy atom. The van der Waals surface area contributed by atoms with Gasteiger partial charge in [0.25, 0.3) is 0 Å². The fourth-order valence-corrected chi connectivity index (χ4v) is 2.50. The highest BCUT2D eigenvalue weighted by Crippen LogP contribution is 2.35. The van der Waals surface area contributed by atoms with Crippen LogP contribution in [-0.4, -0.2) is 10.6 Å². The fourth-order valence-electron chi connectivity index (χ4n) is 1.13. The van der Waals surface area contributed by atoms with E-state index < -0.39 is 0 Å². The Hall–Kier alpha value is -0.670. The lowest BCUT2D eigenvalue weighted by Gasteiger charge is -2.19. The van der Waals surface area contributed by atoms with Crippen molar-refractivity contribution >= 4 is 29.2 Å². The second-order valence-corrected chi connectivity index (χ2v) is 6.57. The number of benzene rings is 1. The number of nitrogen functional groups attached to an aromatic ring is 1. The van der Waals surface area contributed by atoms with Crippen molar-refractivity contribution in [2.75, 3.05) is 0 Å². The Morgan fingerprint density at radius 2 is 2.00 bits per heavy atom. The molecular formula is C11H15ClN2S. The van der Waals surface area contributed by atoms with Crippen molar-refractivity contribution in [2.24, 2.45) is 5.73 Å². The van der Waals surface area contributed by atoms with Crippen molar-refractivity contribution in [3.8, 4) is 0 Å². The zero-order valence-electron chi connectivity index (χ0n) is 9.10. The van der Waals surface area contributed by atoms with Gasteiger partial charge in [-0.15, -0.1) is 11.8 Å². The average molecular weight is 243 g/mol. The minimum atomic E-state index is 0.0783. The van der Waals surface area contributed by atoms with E-state index in [-0.39, 0.29) is 10.6 Å². The lowest BCUT2D eigenvalue weighted by atomic mass is 10.2. The Balaban J connectivity index is 3.13. The minimum Gasteiger partial charge on any atom is -0.384 e. The number of nitrogens with one attached hydrogen (secondary N) is 1. The van der Waals surface area contributed by atoms with Crippen LogP contribution in [0.5, 0.6) is 0 Å². The van der Waals surface area contributed by atoms with Crippen LogP contribution >= 0.6 is 23.4 Å². The van der Waals surface area contributed by atoms with Gasteiger partial charge in [0.1, 0.15) is 5.84 Å². The number of halogens is 1. The molecule has 3 N–H and O–H groups in total. The highest BCUT2D eigenvalue weighted by Gasteiger charge is 2.16. The number of amidine groups is 1. The molecule has 2 nitrogen and oxygen atoms in total. The minimum absolute atomic E-state index is 0.0783. The SMILES string of the molecule is CC(C)(C)Sc1cc(Cl)ccc1C(=N)N. The first kappa shape index (κ1) is 12.4. The standard InChI is InChI=1S/C11H15ClN2S/c1-11(2,3)15-9-6-7(12)4-5-8(9)10(13)14/h4-6H,1-3H3,(H3,13,14). The molecule has 1 aromatic carbocycles. The van der Waals surface area contributed by atoms with Gasteiger partial charge in [-0.25, -0.2) is 0 Å². The van der Waals surface area contributed by atoms with Gasteiger partial charge >= 0.3 is 0 Å². The van der Waals surface area contributed by atoms with Gasteiger partial charge in [0, 0.05) is 20.2 Å². The fraction of sp³-hybridized carbons (Fsp3) is 0.364. The summed E-state index contributed by atoms with van der Waals surface area (Å²) in [4.78, 5) is 0.961. The molecular weight excluding hydrogens is 228 g/mol. The maximum atomic E-state index is 7.48. The summed E-state index contributed by atoms with van der Waals surface area (Å²) in [6, 6.07) is 5.40. The average Bonchev–Trinajstić information content (AvgIpc) is 1.99. The largest absolute Gasteiger partial charge is 0.384 e. The van der Waals surface area contributed by atoms with E-state index in [0.717, 1.165) is 10.5 Å². The first-order chi connectivity index (χ1) is 6.79. The van der Waals surface area contributed by atoms with E-state index in [0.29, 0.717) is 5.02 Å². The van der Waals surface area contributed by atoms with Crippen LogP contribution in [0.15, 0.2) is 23.1 Å². The summed E-state index contributed by atoms with van der Waals surface area (Å²) < 4.78 is 0.0783. The number of hydrogen-bond donors (Lipinski definition) is 2. The van der Waals surface area contributed by atoms with Gasteiger partial charge in [-0.3, -0.25) is 5.41 Å². The molecule has 0 atom stereocenters. The van der Waals surface area contributed by atoms with Crippen LogP contribution in [0.25, 0.3) is 0 Å². The van der Waals surface area contributed by atoms with Gasteiger partial charge in [-0.1, -0.05) is 32.4 Å². The van der Waals surface area contributed by atoms with Crippen LogP contribution < -0.4 is 5.73 Å². The van der Waals surface area contributed by atoms with E-state index >= 15 is 0 Å². The molecule has 0 radical (unpaired) electrons. The molecule has 0 aliphatic rings. The zero-order valence-corrected chi connectivity index (χ0v) is 10.7. The van der Waals surface area contributed by atoms with Crippen molar-refractivity contribution < 1.29 is 0 Å². The first-order valence-corrected chi connectivity index (χ1v) is 5.82. The summed E-state index contributed by atoms with van der Waals surface area (Å²) in [5, 5.41) is 8.15. The quantitative estimate of drug-likeness (QED) is 0.474. The first-order valence-electron chi connectivity index (χ1n) is 4.62. The molecule has 4 heteroatoms. The Kier molecular flexibility index (Phi) is 3.68. The highest BCUT2D eigenvalue weighted by atomic mass is 35.5. The molecule has 0 aliphatic carbocycles. The molecule has 0 aromatic heterocycles. The molecule has 82 valence electrons. The third-order valence-corrected chi connectivity index (χ3v) is 3.06. The van der Waals surface area contributed by atoms with Crippen molar-refractivity contribution in [3.63, 3.8) is 0 Å². The van der Waals surface area contributed by atoms with Gasteiger partial charge in [-0.05, 0) is 18.2 Å². The van der Waals surface area contributed by atoms with E-state index in [1.165, 1.54) is 0 Å². The van der Waals surface area contributed by atoms with Crippen molar-refractivity contribution in [2.45, 2.75) is 30.4 Å². The van der Waals surface area contributed by atoms with E-state index in [2.05, 4.69) is 20.8 Å². The van der Waals surface area contributed by atoms with Crippen LogP contribution in [0.4, 0.5) is 0 Å². The summed E-state index contributed by atoms with van der Waals surface area (Å²) in [5.74, 6) is 0.0819. The molecule has 1 aromatic rings. The van der Waals surface area contributed by atoms with Gasteiger partial charge in [0.05, 0.1) is 0 Å². The summed E-state index contributed by atoms with van der Waals surface area (Å²) >= 11 is 7.59. The second kappa shape index (κ2) is 4.45. The van der Waals surface area contributed by atoms with Crippen molar-refractivity contribution in [1.82, 2.24) is 0 Å². The molecule has 1 rings (SSSR count). The van der Waals surface area contributed by atoms with Crippen LogP contribution in [0.2, 0.25) is 5.02 Å². The summed E-state index contributed by atoms with van der Waals surface area (Å²) in [6.45, 7) is 6.34. The van der Waals surface area contributed by atoms with Crippen molar-refractivity contribution in [1.29, 1.82) is 5.41 Å². The molecule has 0 unspecified atom stereocenters. The van der Waals surface area contributed by atoms with E-state index in [9.17, 15) is 0 Å². The zero-order chi connectivity index (χ0) is 11.6. The normalized spacial score (nSPS) is 11.5. The van der Waals surface area contributed by atoms with E-state index in [1.807, 2.05) is 6.07 Å². The van der Waals surface area contributed by atoms with Gasteiger partial charge in [0.2, 0.25) is 0 Å². The molecule has 0 fully saturated rings. The third-order valence-electron chi connectivity index (χ3n) is 1.65. The monoisotopic (exact) mass is 242 g/mol. The highest BCUT2D eigenvalue weighted by molar-refractivity contribution is 8.00. The Bertz CT molecular complexity index is 383. The predicted molar refractivity (Wildman–Crippen MR) is 68.1 cm³/mol. The van der Waals surface area contributed by atoms with Crippen LogP contribution in [0, 0.1) is 5.41 Å². The summed E-state index contributed by atoms with van der Waals surface area (Å²) in [6.07, 6.45) is 0. The summed E-state index contributed by atoms with van der Waals surface area (Å²) in [7, 11) is 0. The lowest BCUT2D eigenvalue weighted by molar-refractivity contribution is 0.802. The topological polar surface area (TPSA) is 49.9 Å². The van der Waals surface area contributed by atoms with Crippen LogP contribution in [0.1, 0.15) is 26.3 Å². The molecule has 0 saturated heterocycles. The Morgan fingerprint density at radius 3 is 2.47 bits per heavy atom. The van der Waals surface area contributed by atoms with Gasteiger partial charge < -0.3 is 5.73 Å². The van der Waals surface area contributed by atoms with Gasteiger partial charge in [-0.2, -0.15) is 0 Å². The number of hydrogen-bond acceptors (Lipinski definition) is 2. The van der Waals surface area contributed by atoms with Crippen LogP contribution in [-0.2, 0) is 0 Å². The molecule has 0 spiro atoms. The summed E-state index contributed by atoms with van der Waals surface area (Å²) in [5.41, 5.74) is 6.26. The smallest absolute Gasteiger partial charge is 0.123 e. The van der Waals surface area contributed by atoms with Gasteiger partial charge in [0.15, 0.2) is 0 Å². The lowest BCUT2D eigenvalue weighted by Crippen LogP contribution is -2.14. The molecule has 15 heavy (non-hydrogen) atoms. The van der Waals surface area contributed by atoms with E-state index in [1.54, 1.807) is 23.9 Å². The molecule has 0 saturated carbocycles. The predicted octanol–water partition coefficient (Wildman–Crippen LogP) is 3.51. The molecule has 0 bridgehead atoms. The molecule has 0 aliphatic heterocycles. The third kappa shape index (κ3) is 3.76. The molecule has 0 amide bonds. The number of thioether (sulfide) groups is 1. The maximum absolute atomic E-state index is 7.48. The van der Waals surface area contributed by atoms with Crippen LogP contribution in [0.3, 0.4) is 0 Å². The second-order valence-electron chi connectivity index (χ2n) is 4.27. The molecule has 0 heterocycles.